The predicted molar refractivity (Wildman–Crippen MR) is 74.9 cm³/mol. The molecule has 7 heteroatoms. The van der Waals surface area contributed by atoms with Crippen LogP contribution in [0.25, 0.3) is 11.3 Å². The Hall–Kier alpha value is -2.34. The maximum Gasteiger partial charge on any atom is 0.355 e. The highest BCUT2D eigenvalue weighted by atomic mass is 35.5. The number of nitrogens with zero attached hydrogens (tertiary/aromatic N) is 4. The molecular formula is C13H11ClN4O2. The Bertz CT molecular complexity index is 836. The lowest BCUT2D eigenvalue weighted by Gasteiger charge is -2.01. The first-order chi connectivity index (χ1) is 9.60. The Labute approximate surface area is 119 Å². The van der Waals surface area contributed by atoms with Crippen molar-refractivity contribution in [3.63, 3.8) is 0 Å². The van der Waals surface area contributed by atoms with Crippen LogP contribution < -0.4 is 10.4 Å². The minimum Gasteiger partial charge on any atom is -0.497 e. The van der Waals surface area contributed by atoms with E-state index < -0.39 is 0 Å². The Morgan fingerprint density at radius 2 is 1.95 bits per heavy atom. The summed E-state index contributed by atoms with van der Waals surface area (Å²) in [5, 5.41) is 4.41. The number of benzene rings is 1. The van der Waals surface area contributed by atoms with Gasteiger partial charge < -0.3 is 4.74 Å². The largest absolute Gasteiger partial charge is 0.497 e. The molecule has 2 heterocycles. The minimum absolute atomic E-state index is 0.203. The predicted octanol–water partition coefficient (Wildman–Crippen LogP) is 1.85. The van der Waals surface area contributed by atoms with Gasteiger partial charge in [0.1, 0.15) is 5.75 Å². The third-order valence-corrected chi connectivity index (χ3v) is 3.16. The molecule has 20 heavy (non-hydrogen) atoms. The van der Waals surface area contributed by atoms with Crippen molar-refractivity contribution in [2.24, 2.45) is 0 Å². The van der Waals surface area contributed by atoms with Crippen LogP contribution in [0.3, 0.4) is 0 Å². The summed E-state index contributed by atoms with van der Waals surface area (Å²) in [7, 11) is 1.58. The molecule has 1 aromatic carbocycles. The molecule has 3 rings (SSSR count). The van der Waals surface area contributed by atoms with E-state index in [-0.39, 0.29) is 10.8 Å². The molecule has 0 aliphatic carbocycles. The first-order valence-corrected chi connectivity index (χ1v) is 6.27. The smallest absolute Gasteiger partial charge is 0.355 e. The van der Waals surface area contributed by atoms with Crippen molar-refractivity contribution in [2.75, 3.05) is 7.11 Å². The average molecular weight is 291 g/mol. The molecule has 6 nitrogen and oxygen atoms in total. The molecule has 0 N–H and O–H groups in total. The topological polar surface area (TPSA) is 61.4 Å². The Morgan fingerprint density at radius 1 is 1.25 bits per heavy atom. The van der Waals surface area contributed by atoms with Crippen LogP contribution >= 0.6 is 11.6 Å². The number of hydrogen-bond acceptors (Lipinski definition) is 4. The highest BCUT2D eigenvalue weighted by Gasteiger charge is 2.12. The number of methoxy groups -OCH3 is 1. The van der Waals surface area contributed by atoms with Crippen molar-refractivity contribution in [3.8, 4) is 11.4 Å². The minimum atomic E-state index is -0.294. The zero-order chi connectivity index (χ0) is 14.3. The molecule has 2 aromatic heterocycles. The quantitative estimate of drug-likeness (QED) is 0.723. The van der Waals surface area contributed by atoms with E-state index in [1.54, 1.807) is 44.5 Å². The van der Waals surface area contributed by atoms with Gasteiger partial charge in [0.25, 0.3) is 0 Å². The molecule has 102 valence electrons. The third kappa shape index (κ3) is 1.94. The summed E-state index contributed by atoms with van der Waals surface area (Å²) < 4.78 is 7.75. The van der Waals surface area contributed by atoms with Gasteiger partial charge in [0.05, 0.1) is 18.5 Å². The van der Waals surface area contributed by atoms with Crippen molar-refractivity contribution in [2.45, 2.75) is 6.92 Å². The number of aryl methyl sites for hydroxylation is 1. The summed E-state index contributed by atoms with van der Waals surface area (Å²) in [5.74, 6) is 0.709. The maximum absolute atomic E-state index is 12.3. The average Bonchev–Trinajstić information content (AvgIpc) is 2.77. The first-order valence-electron chi connectivity index (χ1n) is 5.89. The monoisotopic (exact) mass is 290 g/mol. The normalized spacial score (nSPS) is 10.9. The standard InChI is InChI=1S/C13H11ClN4O2/c1-8-7-17-12(11(14)15-8)16-18(13(17)19)9-3-5-10(20-2)6-4-9/h3-7H,1-2H3. The molecule has 0 fully saturated rings. The number of rotatable bonds is 2. The van der Waals surface area contributed by atoms with Gasteiger partial charge in [-0.1, -0.05) is 11.6 Å². The zero-order valence-corrected chi connectivity index (χ0v) is 11.6. The van der Waals surface area contributed by atoms with Gasteiger partial charge in [-0.15, -0.1) is 5.10 Å². The van der Waals surface area contributed by atoms with Crippen LogP contribution in [0.4, 0.5) is 0 Å². The van der Waals surface area contributed by atoms with Crippen molar-refractivity contribution in [3.05, 3.63) is 51.8 Å². The SMILES string of the molecule is COc1ccc(-n2nc3c(Cl)nc(C)cn3c2=O)cc1. The van der Waals surface area contributed by atoms with Gasteiger partial charge in [-0.25, -0.2) is 14.2 Å². The van der Waals surface area contributed by atoms with E-state index >= 15 is 0 Å². The van der Waals surface area contributed by atoms with Crippen LogP contribution in [0.2, 0.25) is 5.15 Å². The van der Waals surface area contributed by atoms with Gasteiger partial charge in [-0.05, 0) is 31.2 Å². The van der Waals surface area contributed by atoms with Gasteiger partial charge in [0.15, 0.2) is 10.8 Å². The fourth-order valence-corrected chi connectivity index (χ4v) is 2.21. The van der Waals surface area contributed by atoms with Crippen molar-refractivity contribution < 1.29 is 4.74 Å². The summed E-state index contributed by atoms with van der Waals surface area (Å²) in [4.78, 5) is 16.4. The van der Waals surface area contributed by atoms with Crippen LogP contribution in [0.15, 0.2) is 35.3 Å². The van der Waals surface area contributed by atoms with Gasteiger partial charge in [-0.3, -0.25) is 0 Å². The lowest BCUT2D eigenvalue weighted by atomic mass is 10.3. The number of ether oxygens (including phenoxy) is 1. The second-order valence-corrected chi connectivity index (χ2v) is 4.62. The molecule has 0 radical (unpaired) electrons. The molecule has 0 unspecified atom stereocenters. The summed E-state index contributed by atoms with van der Waals surface area (Å²) >= 11 is 6.02. The van der Waals surface area contributed by atoms with E-state index in [0.717, 1.165) is 0 Å². The second kappa shape index (κ2) is 4.64. The van der Waals surface area contributed by atoms with Gasteiger partial charge in [0.2, 0.25) is 0 Å². The van der Waals surface area contributed by atoms with Crippen LogP contribution in [-0.2, 0) is 0 Å². The van der Waals surface area contributed by atoms with Crippen molar-refractivity contribution >= 4 is 17.2 Å². The van der Waals surface area contributed by atoms with E-state index in [0.29, 0.717) is 22.8 Å². The van der Waals surface area contributed by atoms with Crippen LogP contribution in [0, 0.1) is 6.92 Å². The van der Waals surface area contributed by atoms with Crippen LogP contribution in [0.5, 0.6) is 5.75 Å². The molecule has 0 bridgehead atoms. The molecule has 0 spiro atoms. The fourth-order valence-electron chi connectivity index (χ4n) is 1.95. The molecule has 0 saturated carbocycles. The molecule has 3 aromatic rings. The lowest BCUT2D eigenvalue weighted by Crippen LogP contribution is -2.19. The second-order valence-electron chi connectivity index (χ2n) is 4.26. The number of hydrogen-bond donors (Lipinski definition) is 0. The van der Waals surface area contributed by atoms with E-state index in [4.69, 9.17) is 16.3 Å². The van der Waals surface area contributed by atoms with Gasteiger partial charge in [0, 0.05) is 6.20 Å². The molecule has 0 aliphatic heterocycles. The van der Waals surface area contributed by atoms with Crippen molar-refractivity contribution in [1.82, 2.24) is 19.2 Å². The van der Waals surface area contributed by atoms with Crippen LogP contribution in [-0.4, -0.2) is 26.3 Å². The number of aromatic nitrogens is 4. The van der Waals surface area contributed by atoms with E-state index in [1.807, 2.05) is 0 Å². The van der Waals surface area contributed by atoms with Crippen LogP contribution in [0.1, 0.15) is 5.69 Å². The van der Waals surface area contributed by atoms with Gasteiger partial charge >= 0.3 is 5.69 Å². The zero-order valence-electron chi connectivity index (χ0n) is 10.9. The molecule has 0 amide bonds. The highest BCUT2D eigenvalue weighted by molar-refractivity contribution is 6.32. The van der Waals surface area contributed by atoms with E-state index in [2.05, 4.69) is 10.1 Å². The summed E-state index contributed by atoms with van der Waals surface area (Å²) in [6, 6.07) is 7.02. The summed E-state index contributed by atoms with van der Waals surface area (Å²) in [6.07, 6.45) is 1.61. The summed E-state index contributed by atoms with van der Waals surface area (Å²) in [5.41, 5.74) is 1.32. The number of halogens is 1. The molecule has 0 atom stereocenters. The van der Waals surface area contributed by atoms with E-state index in [1.165, 1.54) is 9.08 Å². The Morgan fingerprint density at radius 3 is 2.60 bits per heavy atom. The maximum atomic E-state index is 12.3. The molecular weight excluding hydrogens is 280 g/mol. The fraction of sp³-hybridized carbons (Fsp3) is 0.154. The van der Waals surface area contributed by atoms with Crippen molar-refractivity contribution in [1.29, 1.82) is 0 Å². The Kier molecular flexibility index (Phi) is 2.94. The van der Waals surface area contributed by atoms with Gasteiger partial charge in [-0.2, -0.15) is 4.68 Å². The summed E-state index contributed by atoms with van der Waals surface area (Å²) in [6.45, 7) is 1.77. The molecule has 0 saturated heterocycles. The molecule has 0 aliphatic rings. The number of fused-ring (bicyclic) bond motifs is 1. The lowest BCUT2D eigenvalue weighted by molar-refractivity contribution is 0.414. The highest BCUT2D eigenvalue weighted by Crippen LogP contribution is 2.15. The Balaban J connectivity index is 2.23. The first kappa shape index (κ1) is 12.7. The van der Waals surface area contributed by atoms with E-state index in [9.17, 15) is 4.79 Å². The third-order valence-electron chi connectivity index (χ3n) is 2.90.